The molecular formula is C29H43NO4. The number of nitrogens with one attached hydrogen (secondary N) is 1. The van der Waals surface area contributed by atoms with Gasteiger partial charge in [-0.2, -0.15) is 0 Å². The summed E-state index contributed by atoms with van der Waals surface area (Å²) in [4.78, 5) is 12.0. The van der Waals surface area contributed by atoms with E-state index in [4.69, 9.17) is 14.2 Å². The highest BCUT2D eigenvalue weighted by Crippen LogP contribution is 2.29. The second-order valence-corrected chi connectivity index (χ2v) is 8.84. The Morgan fingerprint density at radius 1 is 0.765 bits per heavy atom. The number of hydrogen-bond donors (Lipinski definition) is 1. The number of amides is 1. The van der Waals surface area contributed by atoms with Gasteiger partial charge in [-0.15, -0.1) is 0 Å². The first kappa shape index (κ1) is 29.1. The number of carbonyl (C=O) groups excluding carboxylic acids is 1. The standard InChI is InChI=1S/C29H43NO4/c1-22(2)11-8-12-23(3)13-9-14-24(4)15-10-16-25(5)19-20-34-29(31)30-26-17-18-27(32-6)28(21-26)33-7/h11,13,15,17-19,21H,8-10,12,14,16,20H2,1-7H3,(H,30,31). The van der Waals surface area contributed by atoms with Crippen LogP contribution in [0.4, 0.5) is 10.5 Å². The minimum atomic E-state index is -0.504. The maximum Gasteiger partial charge on any atom is 0.411 e. The Hall–Kier alpha value is -2.95. The van der Waals surface area contributed by atoms with Gasteiger partial charge in [-0.3, -0.25) is 5.32 Å². The van der Waals surface area contributed by atoms with Gasteiger partial charge in [0.1, 0.15) is 6.61 Å². The van der Waals surface area contributed by atoms with E-state index in [9.17, 15) is 4.79 Å². The van der Waals surface area contributed by atoms with Gasteiger partial charge >= 0.3 is 6.09 Å². The predicted octanol–water partition coefficient (Wildman–Crippen LogP) is 8.40. The van der Waals surface area contributed by atoms with Crippen molar-refractivity contribution in [3.8, 4) is 11.5 Å². The lowest BCUT2D eigenvalue weighted by atomic mass is 10.0. The van der Waals surface area contributed by atoms with Crippen LogP contribution in [-0.2, 0) is 4.74 Å². The molecule has 5 heteroatoms. The highest BCUT2D eigenvalue weighted by molar-refractivity contribution is 5.85. The Bertz CT molecular complexity index is 889. The SMILES string of the molecule is COc1ccc(NC(=O)OCC=C(C)CCC=C(C)CCC=C(C)CCC=C(C)C)cc1OC. The second-order valence-electron chi connectivity index (χ2n) is 8.84. The number of carbonyl (C=O) groups is 1. The second kappa shape index (κ2) is 16.6. The zero-order valence-electron chi connectivity index (χ0n) is 22.1. The van der Waals surface area contributed by atoms with Crippen LogP contribution in [0.15, 0.2) is 64.8 Å². The molecule has 0 aliphatic heterocycles. The Labute approximate surface area is 206 Å². The van der Waals surface area contributed by atoms with E-state index >= 15 is 0 Å². The van der Waals surface area contributed by atoms with E-state index in [0.29, 0.717) is 17.2 Å². The highest BCUT2D eigenvalue weighted by Gasteiger charge is 2.07. The lowest BCUT2D eigenvalue weighted by Crippen LogP contribution is -2.13. The Balaban J connectivity index is 2.32. The molecule has 0 fully saturated rings. The summed E-state index contributed by atoms with van der Waals surface area (Å²) in [5, 5.41) is 2.70. The van der Waals surface area contributed by atoms with Crippen molar-refractivity contribution in [2.75, 3.05) is 26.1 Å². The molecule has 0 atom stereocenters. The molecule has 0 aliphatic rings. The topological polar surface area (TPSA) is 56.8 Å². The van der Waals surface area contributed by atoms with Gasteiger partial charge in [0.15, 0.2) is 11.5 Å². The molecule has 5 nitrogen and oxygen atoms in total. The number of hydrogen-bond acceptors (Lipinski definition) is 4. The minimum Gasteiger partial charge on any atom is -0.493 e. The molecule has 0 spiro atoms. The molecule has 0 unspecified atom stereocenters. The number of rotatable bonds is 14. The summed E-state index contributed by atoms with van der Waals surface area (Å²) in [6, 6.07) is 5.16. The van der Waals surface area contributed by atoms with Crippen LogP contribution in [0.2, 0.25) is 0 Å². The van der Waals surface area contributed by atoms with Crippen LogP contribution in [-0.4, -0.2) is 26.9 Å². The van der Waals surface area contributed by atoms with Crippen molar-refractivity contribution in [3.05, 3.63) is 64.8 Å². The summed E-state index contributed by atoms with van der Waals surface area (Å²) in [6.45, 7) is 11.0. The molecule has 188 valence electrons. The molecule has 34 heavy (non-hydrogen) atoms. The van der Waals surface area contributed by atoms with E-state index in [1.165, 1.54) is 22.3 Å². The van der Waals surface area contributed by atoms with Gasteiger partial charge in [0.25, 0.3) is 0 Å². The third-order valence-corrected chi connectivity index (χ3v) is 5.43. The van der Waals surface area contributed by atoms with E-state index < -0.39 is 6.09 Å². The van der Waals surface area contributed by atoms with Gasteiger partial charge in [-0.25, -0.2) is 4.79 Å². The number of benzene rings is 1. The van der Waals surface area contributed by atoms with Crippen molar-refractivity contribution in [1.82, 2.24) is 0 Å². The first-order valence-corrected chi connectivity index (χ1v) is 12.0. The molecule has 1 rings (SSSR count). The van der Waals surface area contributed by atoms with Crippen molar-refractivity contribution < 1.29 is 19.0 Å². The smallest absolute Gasteiger partial charge is 0.411 e. The van der Waals surface area contributed by atoms with Crippen LogP contribution in [0.1, 0.15) is 73.1 Å². The normalized spacial score (nSPS) is 12.3. The molecule has 0 heterocycles. The van der Waals surface area contributed by atoms with Crippen LogP contribution in [0.5, 0.6) is 11.5 Å². The zero-order chi connectivity index (χ0) is 25.3. The molecular weight excluding hydrogens is 426 g/mol. The highest BCUT2D eigenvalue weighted by atomic mass is 16.5. The summed E-state index contributed by atoms with van der Waals surface area (Å²) in [6.07, 6.45) is 14.9. The fourth-order valence-electron chi connectivity index (χ4n) is 3.31. The van der Waals surface area contributed by atoms with Crippen molar-refractivity contribution in [1.29, 1.82) is 0 Å². The summed E-state index contributed by atoms with van der Waals surface area (Å²) in [7, 11) is 3.12. The van der Waals surface area contributed by atoms with Crippen molar-refractivity contribution in [2.45, 2.75) is 73.1 Å². The van der Waals surface area contributed by atoms with Crippen LogP contribution < -0.4 is 14.8 Å². The first-order chi connectivity index (χ1) is 16.2. The zero-order valence-corrected chi connectivity index (χ0v) is 22.1. The van der Waals surface area contributed by atoms with E-state index in [-0.39, 0.29) is 6.61 Å². The average Bonchev–Trinajstić information content (AvgIpc) is 2.78. The summed E-state index contributed by atoms with van der Waals surface area (Å²) >= 11 is 0. The molecule has 1 aromatic carbocycles. The average molecular weight is 470 g/mol. The molecule has 0 saturated heterocycles. The largest absolute Gasteiger partial charge is 0.493 e. The van der Waals surface area contributed by atoms with Gasteiger partial charge in [0.2, 0.25) is 0 Å². The van der Waals surface area contributed by atoms with Crippen LogP contribution in [0.3, 0.4) is 0 Å². The van der Waals surface area contributed by atoms with E-state index in [1.807, 2.05) is 6.08 Å². The van der Waals surface area contributed by atoms with E-state index in [1.54, 1.807) is 32.4 Å². The summed E-state index contributed by atoms with van der Waals surface area (Å²) in [5.74, 6) is 1.15. The number of ether oxygens (including phenoxy) is 3. The van der Waals surface area contributed by atoms with Gasteiger partial charge in [-0.1, -0.05) is 40.5 Å². The predicted molar refractivity (Wildman–Crippen MR) is 143 cm³/mol. The third kappa shape index (κ3) is 12.9. The van der Waals surface area contributed by atoms with Gasteiger partial charge in [0, 0.05) is 11.8 Å². The molecule has 1 amide bonds. The monoisotopic (exact) mass is 469 g/mol. The lowest BCUT2D eigenvalue weighted by Gasteiger charge is -2.10. The van der Waals surface area contributed by atoms with Crippen molar-refractivity contribution in [2.24, 2.45) is 0 Å². The molecule has 0 bridgehead atoms. The van der Waals surface area contributed by atoms with Crippen LogP contribution in [0, 0.1) is 0 Å². The number of anilines is 1. The maximum atomic E-state index is 12.0. The van der Waals surface area contributed by atoms with Crippen LogP contribution in [0.25, 0.3) is 0 Å². The molecule has 0 aromatic heterocycles. The van der Waals surface area contributed by atoms with Crippen LogP contribution >= 0.6 is 0 Å². The fraction of sp³-hybridized carbons (Fsp3) is 0.483. The third-order valence-electron chi connectivity index (χ3n) is 5.43. The Kier molecular flexibility index (Phi) is 14.2. The molecule has 1 N–H and O–H groups in total. The molecule has 1 aromatic rings. The lowest BCUT2D eigenvalue weighted by molar-refractivity contribution is 0.174. The van der Waals surface area contributed by atoms with Gasteiger partial charge in [0.05, 0.1) is 14.2 Å². The summed E-state index contributed by atoms with van der Waals surface area (Å²) < 4.78 is 15.7. The fourth-order valence-corrected chi connectivity index (χ4v) is 3.31. The van der Waals surface area contributed by atoms with Crippen molar-refractivity contribution in [3.63, 3.8) is 0 Å². The van der Waals surface area contributed by atoms with Crippen molar-refractivity contribution >= 4 is 11.8 Å². The molecule has 0 saturated carbocycles. The maximum absolute atomic E-state index is 12.0. The molecule has 0 aliphatic carbocycles. The van der Waals surface area contributed by atoms with Gasteiger partial charge in [-0.05, 0) is 91.4 Å². The number of methoxy groups -OCH3 is 2. The number of allylic oxidation sites excluding steroid dienone is 7. The molecule has 0 radical (unpaired) electrons. The van der Waals surface area contributed by atoms with E-state index in [0.717, 1.165) is 38.5 Å². The summed E-state index contributed by atoms with van der Waals surface area (Å²) in [5.41, 5.74) is 6.08. The van der Waals surface area contributed by atoms with Gasteiger partial charge < -0.3 is 14.2 Å². The van der Waals surface area contributed by atoms with E-state index in [2.05, 4.69) is 58.2 Å². The Morgan fingerprint density at radius 3 is 1.82 bits per heavy atom. The minimum absolute atomic E-state index is 0.241. The first-order valence-electron chi connectivity index (χ1n) is 12.0. The quantitative estimate of drug-likeness (QED) is 0.278. The Morgan fingerprint density at radius 2 is 1.29 bits per heavy atom.